The maximum absolute atomic E-state index is 16.5. The molecule has 13 nitrogen and oxygen atoms in total. The van der Waals surface area contributed by atoms with Gasteiger partial charge in [-0.15, -0.1) is 0 Å². The molecule has 6 heterocycles. The number of carbonyl (C=O) groups excluding carboxylic acids is 4. The molecule has 1 atom stereocenters. The second kappa shape index (κ2) is 19.2. The average molecular weight is 911 g/mol. The molecule has 340 valence electrons. The Morgan fingerprint density at radius 1 is 0.892 bits per heavy atom. The highest BCUT2D eigenvalue weighted by Gasteiger charge is 2.41. The Hall–Kier alpha value is -6.00. The number of likely N-dealkylation sites (tertiary alicyclic amines) is 1. The summed E-state index contributed by atoms with van der Waals surface area (Å²) in [4.78, 5) is 69.2. The summed E-state index contributed by atoms with van der Waals surface area (Å²) in [6, 6.07) is 9.89. The number of hydrogen-bond donors (Lipinski definition) is 2. The molecule has 3 saturated heterocycles. The van der Waals surface area contributed by atoms with Crippen LogP contribution in [0, 0.1) is 17.5 Å². The number of nitrogens with one attached hydrogen (secondary N) is 2. The number of aromatic nitrogens is 3. The van der Waals surface area contributed by atoms with Gasteiger partial charge < -0.3 is 29.3 Å². The fraction of sp³-hybridized carbons (Fsp3) is 0.417. The van der Waals surface area contributed by atoms with E-state index in [0.29, 0.717) is 49.4 Å². The molecule has 2 N–H and O–H groups in total. The van der Waals surface area contributed by atoms with Gasteiger partial charge in [-0.3, -0.25) is 29.5 Å². The first-order valence-electron chi connectivity index (χ1n) is 22.5. The number of anilines is 1. The Bertz CT molecular complexity index is 2620. The number of H-pyrrole nitrogens is 1. The highest BCUT2D eigenvalue weighted by atomic mass is 35.5. The molecule has 17 heteroatoms. The Kier molecular flexibility index (Phi) is 13.1. The van der Waals surface area contributed by atoms with Gasteiger partial charge in [0.2, 0.25) is 11.8 Å². The quantitative estimate of drug-likeness (QED) is 0.0850. The molecule has 3 aromatic carbocycles. The van der Waals surface area contributed by atoms with E-state index in [2.05, 4.69) is 30.1 Å². The molecule has 65 heavy (non-hydrogen) atoms. The minimum absolute atomic E-state index is 0.0313. The van der Waals surface area contributed by atoms with E-state index in [0.717, 1.165) is 81.4 Å². The molecule has 0 saturated carbocycles. The smallest absolute Gasteiger partial charge is 0.272 e. The number of rotatable bonds is 14. The predicted octanol–water partition coefficient (Wildman–Crippen LogP) is 7.63. The van der Waals surface area contributed by atoms with E-state index >= 15 is 8.78 Å². The number of amides is 4. The van der Waals surface area contributed by atoms with Crippen LogP contribution < -0.4 is 15.0 Å². The van der Waals surface area contributed by atoms with Crippen molar-refractivity contribution in [3.63, 3.8) is 0 Å². The maximum Gasteiger partial charge on any atom is 0.272 e. The Morgan fingerprint density at radius 3 is 2.45 bits per heavy atom. The first-order chi connectivity index (χ1) is 31.5. The van der Waals surface area contributed by atoms with Gasteiger partial charge in [0, 0.05) is 67.5 Å². The molecule has 0 bridgehead atoms. The van der Waals surface area contributed by atoms with Gasteiger partial charge in [-0.2, -0.15) is 0 Å². The minimum Gasteiger partial charge on any atom is -0.493 e. The highest BCUT2D eigenvalue weighted by molar-refractivity contribution is 6.34. The van der Waals surface area contributed by atoms with Gasteiger partial charge in [0.15, 0.2) is 5.82 Å². The lowest BCUT2D eigenvalue weighted by molar-refractivity contribution is -0.136. The van der Waals surface area contributed by atoms with Gasteiger partial charge in [0.05, 0.1) is 29.7 Å². The first-order valence-corrected chi connectivity index (χ1v) is 22.8. The van der Waals surface area contributed by atoms with Crippen LogP contribution in [-0.4, -0.2) is 112 Å². The van der Waals surface area contributed by atoms with E-state index in [1.165, 1.54) is 41.8 Å². The van der Waals surface area contributed by atoms with Gasteiger partial charge >= 0.3 is 0 Å². The van der Waals surface area contributed by atoms with Crippen LogP contribution in [0.5, 0.6) is 5.75 Å². The number of fused-ring (bicyclic) bond motifs is 2. The third kappa shape index (κ3) is 9.15. The molecule has 3 fully saturated rings. The number of benzene rings is 3. The Morgan fingerprint density at radius 2 is 1.68 bits per heavy atom. The Balaban J connectivity index is 0.741. The average Bonchev–Trinajstić information content (AvgIpc) is 3.96. The fourth-order valence-corrected chi connectivity index (χ4v) is 10.2. The van der Waals surface area contributed by atoms with Crippen molar-refractivity contribution in [1.29, 1.82) is 0 Å². The monoisotopic (exact) mass is 910 g/mol. The minimum atomic E-state index is -0.742. The van der Waals surface area contributed by atoms with Gasteiger partial charge in [0.25, 0.3) is 11.8 Å². The van der Waals surface area contributed by atoms with Crippen molar-refractivity contribution < 1.29 is 37.1 Å². The second-order valence-corrected chi connectivity index (χ2v) is 17.7. The standard InChI is InChI=1S/C48H50ClF3N8O5/c49-35-25-33-38(58-18-20-59(21-19-58)48(64)37-26-53-28-55-37)11-14-54-45(33)44(52)42(35)43-36(51)7-6-8-40(43)65-22-5-3-1-2-4-15-57-16-12-29(13-17-57)31-23-30(50)24-32-34(31)27-60(47(32)63)39-9-10-41(61)56-46(39)62/h6-8,11,14,23-26,28-29,39H,1-5,9-10,12-13,15-22,27H2,(H,53,55)(H,56,61,62). The molecule has 4 aliphatic heterocycles. The van der Waals surface area contributed by atoms with Crippen LogP contribution in [0.25, 0.3) is 22.0 Å². The zero-order valence-corrected chi connectivity index (χ0v) is 36.6. The normalized spacial score (nSPS) is 18.4. The zero-order chi connectivity index (χ0) is 45.2. The van der Waals surface area contributed by atoms with E-state index in [4.69, 9.17) is 16.3 Å². The summed E-state index contributed by atoms with van der Waals surface area (Å²) in [5.41, 5.74) is 2.98. The molecule has 4 aliphatic rings. The number of hydrogen-bond acceptors (Lipinski definition) is 9. The van der Waals surface area contributed by atoms with Crippen molar-refractivity contribution in [2.75, 3.05) is 57.3 Å². The molecule has 0 aliphatic carbocycles. The lowest BCUT2D eigenvalue weighted by Gasteiger charge is -2.36. The number of ether oxygens (including phenoxy) is 1. The number of halogens is 4. The van der Waals surface area contributed by atoms with Gasteiger partial charge in [-0.05, 0) is 105 Å². The molecule has 2 aromatic heterocycles. The summed E-state index contributed by atoms with van der Waals surface area (Å²) < 4.78 is 53.1. The maximum atomic E-state index is 16.5. The summed E-state index contributed by atoms with van der Waals surface area (Å²) in [6.07, 6.45) is 11.2. The SMILES string of the molecule is O=C1CCC(N2Cc3c(cc(F)cc3C3CCN(CCCCCCCOc4cccc(F)c4-c4c(Cl)cc5c(N6CCN(C(=O)c7cnc[nH]7)CC6)ccnc5c4F)CC3)C2=O)C(=O)N1. The van der Waals surface area contributed by atoms with E-state index in [1.807, 2.05) is 0 Å². The third-order valence-corrected chi connectivity index (χ3v) is 13.6. The topological polar surface area (TPSA) is 144 Å². The molecule has 0 spiro atoms. The molecule has 4 amide bonds. The van der Waals surface area contributed by atoms with Crippen molar-refractivity contribution in [3.05, 3.63) is 106 Å². The van der Waals surface area contributed by atoms with Crippen molar-refractivity contribution in [2.24, 2.45) is 0 Å². The number of carbonyl (C=O) groups is 4. The number of imide groups is 1. The van der Waals surface area contributed by atoms with E-state index in [9.17, 15) is 23.6 Å². The summed E-state index contributed by atoms with van der Waals surface area (Å²) in [5.74, 6) is -2.88. The predicted molar refractivity (Wildman–Crippen MR) is 238 cm³/mol. The fourth-order valence-electron chi connectivity index (χ4n) is 9.90. The number of nitrogens with zero attached hydrogens (tertiary/aromatic N) is 6. The summed E-state index contributed by atoms with van der Waals surface area (Å²) in [5, 5.41) is 2.84. The van der Waals surface area contributed by atoms with Crippen LogP contribution in [0.4, 0.5) is 18.9 Å². The van der Waals surface area contributed by atoms with Crippen LogP contribution in [0.2, 0.25) is 5.02 Å². The molecular weight excluding hydrogens is 861 g/mol. The zero-order valence-electron chi connectivity index (χ0n) is 35.9. The number of pyridine rings is 1. The van der Waals surface area contributed by atoms with E-state index in [1.54, 1.807) is 29.2 Å². The second-order valence-electron chi connectivity index (χ2n) is 17.3. The van der Waals surface area contributed by atoms with Crippen molar-refractivity contribution in [1.82, 2.24) is 35.0 Å². The number of piperazine rings is 1. The van der Waals surface area contributed by atoms with Crippen LogP contribution in [0.3, 0.4) is 0 Å². The van der Waals surface area contributed by atoms with Crippen LogP contribution in [-0.2, 0) is 16.1 Å². The van der Waals surface area contributed by atoms with Crippen LogP contribution in [0.1, 0.15) is 95.7 Å². The van der Waals surface area contributed by atoms with E-state index in [-0.39, 0.29) is 70.4 Å². The van der Waals surface area contributed by atoms with Crippen molar-refractivity contribution >= 4 is 51.8 Å². The number of imidazole rings is 1. The molecule has 0 radical (unpaired) electrons. The summed E-state index contributed by atoms with van der Waals surface area (Å²) in [7, 11) is 0. The summed E-state index contributed by atoms with van der Waals surface area (Å²) >= 11 is 6.79. The number of aromatic amines is 1. The Labute approximate surface area is 379 Å². The van der Waals surface area contributed by atoms with Gasteiger partial charge in [0.1, 0.15) is 34.6 Å². The van der Waals surface area contributed by atoms with Crippen LogP contribution in [0.15, 0.2) is 61.2 Å². The van der Waals surface area contributed by atoms with E-state index < -0.39 is 29.4 Å². The molecular formula is C48H50ClF3N8O5. The summed E-state index contributed by atoms with van der Waals surface area (Å²) in [6.45, 7) is 5.14. The van der Waals surface area contributed by atoms with Crippen LogP contribution >= 0.6 is 11.6 Å². The highest BCUT2D eigenvalue weighted by Crippen LogP contribution is 2.43. The lowest BCUT2D eigenvalue weighted by atomic mass is 9.85. The lowest BCUT2D eigenvalue weighted by Crippen LogP contribution is -2.52. The number of unbranched alkanes of at least 4 members (excludes halogenated alkanes) is 4. The van der Waals surface area contributed by atoms with Gasteiger partial charge in [-0.25, -0.2) is 18.2 Å². The van der Waals surface area contributed by atoms with Crippen molar-refractivity contribution in [2.45, 2.75) is 76.3 Å². The van der Waals surface area contributed by atoms with Gasteiger partial charge in [-0.1, -0.05) is 36.9 Å². The third-order valence-electron chi connectivity index (χ3n) is 13.3. The molecule has 1 unspecified atom stereocenters. The molecule has 9 rings (SSSR count). The molecule has 5 aromatic rings. The largest absolute Gasteiger partial charge is 0.493 e. The van der Waals surface area contributed by atoms with Crippen molar-refractivity contribution in [3.8, 4) is 16.9 Å². The number of piperidine rings is 2. The first kappa shape index (κ1) is 44.2.